The molecule has 0 unspecified atom stereocenters. The maximum Gasteiger partial charge on any atom is 0.335 e. The maximum absolute atomic E-state index is 12.1. The molecule has 19 heavy (non-hydrogen) atoms. The first-order chi connectivity index (χ1) is 8.59. The van der Waals surface area contributed by atoms with Gasteiger partial charge in [0.2, 0.25) is 10.0 Å². The minimum Gasteiger partial charge on any atom is -0.478 e. The van der Waals surface area contributed by atoms with Crippen molar-refractivity contribution in [3.8, 4) is 0 Å². The van der Waals surface area contributed by atoms with E-state index in [0.717, 1.165) is 0 Å². The van der Waals surface area contributed by atoms with Crippen molar-refractivity contribution in [2.75, 3.05) is 6.61 Å². The van der Waals surface area contributed by atoms with Crippen LogP contribution < -0.4 is 4.72 Å². The number of aromatic carboxylic acids is 1. The van der Waals surface area contributed by atoms with Gasteiger partial charge < -0.3 is 10.2 Å². The van der Waals surface area contributed by atoms with E-state index in [1.165, 1.54) is 32.0 Å². The van der Waals surface area contributed by atoms with Crippen LogP contribution in [0.4, 0.5) is 0 Å². The van der Waals surface area contributed by atoms with E-state index in [4.69, 9.17) is 10.2 Å². The highest BCUT2D eigenvalue weighted by atomic mass is 79.9. The lowest BCUT2D eigenvalue weighted by Crippen LogP contribution is -2.46. The Morgan fingerprint density at radius 3 is 2.42 bits per heavy atom. The number of hydrogen-bond acceptors (Lipinski definition) is 4. The van der Waals surface area contributed by atoms with Crippen molar-refractivity contribution in [2.45, 2.75) is 24.3 Å². The number of sulfonamides is 1. The van der Waals surface area contributed by atoms with Crippen LogP contribution >= 0.6 is 15.9 Å². The van der Waals surface area contributed by atoms with Crippen molar-refractivity contribution in [3.63, 3.8) is 0 Å². The van der Waals surface area contributed by atoms with Gasteiger partial charge in [0.1, 0.15) is 0 Å². The maximum atomic E-state index is 12.1. The Bertz CT molecular complexity index is 597. The second-order valence-electron chi connectivity index (χ2n) is 4.60. The molecule has 8 heteroatoms. The van der Waals surface area contributed by atoms with Gasteiger partial charge in [-0.2, -0.15) is 0 Å². The number of carboxylic acid groups (broad SMARTS) is 1. The van der Waals surface area contributed by atoms with E-state index in [0.29, 0.717) is 0 Å². The minimum absolute atomic E-state index is 0.0211. The lowest BCUT2D eigenvalue weighted by atomic mass is 10.1. The summed E-state index contributed by atoms with van der Waals surface area (Å²) in [6.45, 7) is 2.70. The Morgan fingerprint density at radius 2 is 2.00 bits per heavy atom. The predicted molar refractivity (Wildman–Crippen MR) is 72.6 cm³/mol. The molecule has 3 N–H and O–H groups in total. The summed E-state index contributed by atoms with van der Waals surface area (Å²) in [6.07, 6.45) is 0. The molecule has 0 saturated carbocycles. The third-order valence-corrected chi connectivity index (χ3v) is 4.95. The van der Waals surface area contributed by atoms with Crippen LogP contribution in [0.25, 0.3) is 0 Å². The fraction of sp³-hybridized carbons (Fsp3) is 0.364. The average Bonchev–Trinajstić information content (AvgIpc) is 2.27. The topological polar surface area (TPSA) is 104 Å². The van der Waals surface area contributed by atoms with Crippen molar-refractivity contribution in [1.82, 2.24) is 4.72 Å². The van der Waals surface area contributed by atoms with Gasteiger partial charge in [0, 0.05) is 4.47 Å². The van der Waals surface area contributed by atoms with Crippen molar-refractivity contribution in [1.29, 1.82) is 0 Å². The molecule has 6 nitrogen and oxygen atoms in total. The molecule has 0 aromatic heterocycles. The van der Waals surface area contributed by atoms with E-state index in [9.17, 15) is 13.2 Å². The number of carboxylic acids is 1. The molecule has 0 fully saturated rings. The Kier molecular flexibility index (Phi) is 4.72. The second kappa shape index (κ2) is 5.58. The molecule has 0 aliphatic rings. The number of aliphatic hydroxyl groups excluding tert-OH is 1. The summed E-state index contributed by atoms with van der Waals surface area (Å²) in [6, 6.07) is 3.61. The van der Waals surface area contributed by atoms with Crippen LogP contribution in [-0.2, 0) is 10.0 Å². The van der Waals surface area contributed by atoms with E-state index in [1.807, 2.05) is 0 Å². The lowest BCUT2D eigenvalue weighted by molar-refractivity contribution is 0.0696. The fourth-order valence-electron chi connectivity index (χ4n) is 1.30. The first-order valence-corrected chi connectivity index (χ1v) is 7.54. The summed E-state index contributed by atoms with van der Waals surface area (Å²) >= 11 is 3.04. The van der Waals surface area contributed by atoms with Crippen LogP contribution in [0.3, 0.4) is 0 Å². The van der Waals surface area contributed by atoms with E-state index < -0.39 is 21.5 Å². The molecule has 0 atom stereocenters. The van der Waals surface area contributed by atoms with E-state index >= 15 is 0 Å². The molecule has 0 radical (unpaired) electrons. The normalized spacial score (nSPS) is 12.4. The molecule has 0 aliphatic carbocycles. The summed E-state index contributed by atoms with van der Waals surface area (Å²) < 4.78 is 26.7. The second-order valence-corrected chi connectivity index (χ2v) is 7.10. The summed E-state index contributed by atoms with van der Waals surface area (Å²) in [7, 11) is -3.85. The third-order valence-electron chi connectivity index (χ3n) is 2.27. The van der Waals surface area contributed by atoms with Crippen molar-refractivity contribution < 1.29 is 23.4 Å². The van der Waals surface area contributed by atoms with Crippen molar-refractivity contribution in [3.05, 3.63) is 28.2 Å². The standard InChI is InChI=1S/C11H14BrNO5S/c1-11(2,6-14)13-19(17,18)9-4-3-7(10(15)16)5-8(9)12/h3-5,13-14H,6H2,1-2H3,(H,15,16). The summed E-state index contributed by atoms with van der Waals surface area (Å²) in [5, 5.41) is 17.9. The number of nitrogens with one attached hydrogen (secondary N) is 1. The number of rotatable bonds is 5. The van der Waals surface area contributed by atoms with Crippen LogP contribution in [0.2, 0.25) is 0 Å². The molecule has 1 aromatic carbocycles. The van der Waals surface area contributed by atoms with Gasteiger partial charge in [0.05, 0.1) is 22.6 Å². The smallest absolute Gasteiger partial charge is 0.335 e. The van der Waals surface area contributed by atoms with Gasteiger partial charge in [-0.25, -0.2) is 17.9 Å². The Hall–Kier alpha value is -0.960. The zero-order valence-electron chi connectivity index (χ0n) is 10.3. The van der Waals surface area contributed by atoms with E-state index in [-0.39, 0.29) is 21.5 Å². The minimum atomic E-state index is -3.85. The average molecular weight is 352 g/mol. The predicted octanol–water partition coefficient (Wildman–Crippen LogP) is 1.20. The van der Waals surface area contributed by atoms with Gasteiger partial charge in [-0.1, -0.05) is 0 Å². The molecule has 0 spiro atoms. The van der Waals surface area contributed by atoms with Crippen LogP contribution in [0.15, 0.2) is 27.6 Å². The highest BCUT2D eigenvalue weighted by Gasteiger charge is 2.27. The summed E-state index contributed by atoms with van der Waals surface area (Å²) in [5.74, 6) is -1.15. The van der Waals surface area contributed by atoms with Gasteiger partial charge in [0.25, 0.3) is 0 Å². The molecule has 1 aromatic rings. The number of hydrogen-bond donors (Lipinski definition) is 3. The summed E-state index contributed by atoms with van der Waals surface area (Å²) in [5.41, 5.74) is -1.03. The van der Waals surface area contributed by atoms with E-state index in [2.05, 4.69) is 20.7 Å². The lowest BCUT2D eigenvalue weighted by Gasteiger charge is -2.23. The molecule has 0 bridgehead atoms. The van der Waals surface area contributed by atoms with Gasteiger partial charge >= 0.3 is 5.97 Å². The third kappa shape index (κ3) is 4.00. The number of halogens is 1. The molecule has 0 heterocycles. The Balaban J connectivity index is 3.20. The molecule has 0 amide bonds. The molecule has 1 rings (SSSR count). The molecular weight excluding hydrogens is 338 g/mol. The number of carbonyl (C=O) groups is 1. The first-order valence-electron chi connectivity index (χ1n) is 5.27. The van der Waals surface area contributed by atoms with Crippen LogP contribution in [-0.4, -0.2) is 36.7 Å². The number of aliphatic hydroxyl groups is 1. The van der Waals surface area contributed by atoms with Gasteiger partial charge in [-0.15, -0.1) is 0 Å². The SMILES string of the molecule is CC(C)(CO)NS(=O)(=O)c1ccc(C(=O)O)cc1Br. The highest BCUT2D eigenvalue weighted by Crippen LogP contribution is 2.24. The first kappa shape index (κ1) is 16.1. The summed E-state index contributed by atoms with van der Waals surface area (Å²) in [4.78, 5) is 10.7. The Labute approximate surface area is 119 Å². The van der Waals surface area contributed by atoms with Crippen LogP contribution in [0.5, 0.6) is 0 Å². The van der Waals surface area contributed by atoms with Crippen molar-refractivity contribution >= 4 is 31.9 Å². The molecule has 106 valence electrons. The van der Waals surface area contributed by atoms with Gasteiger partial charge in [-0.3, -0.25) is 0 Å². The quantitative estimate of drug-likeness (QED) is 0.739. The van der Waals surface area contributed by atoms with Crippen molar-refractivity contribution in [2.24, 2.45) is 0 Å². The zero-order valence-corrected chi connectivity index (χ0v) is 12.7. The Morgan fingerprint density at radius 1 is 1.42 bits per heavy atom. The monoisotopic (exact) mass is 351 g/mol. The van der Waals surface area contributed by atoms with Gasteiger partial charge in [0.15, 0.2) is 0 Å². The van der Waals surface area contributed by atoms with Gasteiger partial charge in [-0.05, 0) is 48.0 Å². The molecular formula is C11H14BrNO5S. The fourth-order valence-corrected chi connectivity index (χ4v) is 3.79. The van der Waals surface area contributed by atoms with Crippen LogP contribution in [0.1, 0.15) is 24.2 Å². The highest BCUT2D eigenvalue weighted by molar-refractivity contribution is 9.10. The molecule has 0 aliphatic heterocycles. The van der Waals surface area contributed by atoms with E-state index in [1.54, 1.807) is 0 Å². The molecule has 0 saturated heterocycles. The zero-order chi connectivity index (χ0) is 14.8. The largest absolute Gasteiger partial charge is 0.478 e. The number of benzene rings is 1. The van der Waals surface area contributed by atoms with Crippen LogP contribution in [0, 0.1) is 0 Å².